The average Bonchev–Trinajstić information content (AvgIpc) is 2.22. The Bertz CT molecular complexity index is 351. The van der Waals surface area contributed by atoms with Crippen LogP contribution in [0.1, 0.15) is 23.2 Å². The van der Waals surface area contributed by atoms with Crippen LogP contribution in [0.2, 0.25) is 5.02 Å². The van der Waals surface area contributed by atoms with Gasteiger partial charge in [-0.2, -0.15) is 0 Å². The van der Waals surface area contributed by atoms with Crippen molar-refractivity contribution in [1.82, 2.24) is 5.32 Å². The van der Waals surface area contributed by atoms with Gasteiger partial charge in [0.2, 0.25) is 0 Å². The van der Waals surface area contributed by atoms with Gasteiger partial charge in [0.15, 0.2) is 0 Å². The van der Waals surface area contributed by atoms with E-state index in [-0.39, 0.29) is 5.91 Å². The Balaban J connectivity index is 2.52. The Morgan fingerprint density at radius 1 is 1.38 bits per heavy atom. The van der Waals surface area contributed by atoms with E-state index < -0.39 is 0 Å². The largest absolute Gasteiger partial charge is 0.352 e. The molecule has 1 amide bonds. The molecule has 0 saturated carbocycles. The molecular formula is C11H14BrClN2O. The van der Waals surface area contributed by atoms with Crippen molar-refractivity contribution < 1.29 is 4.79 Å². The van der Waals surface area contributed by atoms with Gasteiger partial charge in [0.25, 0.3) is 5.91 Å². The number of hydrogen-bond donors (Lipinski definition) is 2. The highest BCUT2D eigenvalue weighted by molar-refractivity contribution is 9.10. The molecule has 0 aliphatic carbocycles. The van der Waals surface area contributed by atoms with E-state index in [1.54, 1.807) is 18.2 Å². The summed E-state index contributed by atoms with van der Waals surface area (Å²) in [5.41, 5.74) is 5.92. The van der Waals surface area contributed by atoms with Gasteiger partial charge in [-0.15, -0.1) is 0 Å². The monoisotopic (exact) mass is 304 g/mol. The number of halogens is 2. The predicted octanol–water partition coefficient (Wildman–Crippen LogP) is 2.57. The maximum Gasteiger partial charge on any atom is 0.251 e. The zero-order valence-corrected chi connectivity index (χ0v) is 11.1. The molecule has 1 rings (SSSR count). The number of amides is 1. The number of nitrogens with two attached hydrogens (primary N) is 1. The van der Waals surface area contributed by atoms with Crippen molar-refractivity contribution >= 4 is 33.4 Å². The summed E-state index contributed by atoms with van der Waals surface area (Å²) in [7, 11) is 0. The van der Waals surface area contributed by atoms with E-state index in [1.165, 1.54) is 0 Å². The molecule has 1 aromatic carbocycles. The van der Waals surface area contributed by atoms with Gasteiger partial charge in [0.1, 0.15) is 0 Å². The van der Waals surface area contributed by atoms with Crippen molar-refractivity contribution in [2.75, 3.05) is 13.1 Å². The SMILES string of the molecule is NCCCCNC(=O)c1cc(Cl)cc(Br)c1. The highest BCUT2D eigenvalue weighted by atomic mass is 79.9. The van der Waals surface area contributed by atoms with Crippen molar-refractivity contribution in [2.45, 2.75) is 12.8 Å². The average molecular weight is 306 g/mol. The van der Waals surface area contributed by atoms with Crippen molar-refractivity contribution in [3.63, 3.8) is 0 Å². The third kappa shape index (κ3) is 4.51. The van der Waals surface area contributed by atoms with Crippen LogP contribution in [-0.2, 0) is 0 Å². The van der Waals surface area contributed by atoms with Gasteiger partial charge < -0.3 is 11.1 Å². The van der Waals surface area contributed by atoms with E-state index in [9.17, 15) is 4.79 Å². The molecule has 0 aliphatic rings. The molecule has 1 aromatic rings. The lowest BCUT2D eigenvalue weighted by Crippen LogP contribution is -2.24. The number of benzene rings is 1. The summed E-state index contributed by atoms with van der Waals surface area (Å²) in [5, 5.41) is 3.36. The van der Waals surface area contributed by atoms with Crippen LogP contribution >= 0.6 is 27.5 Å². The molecule has 3 N–H and O–H groups in total. The second-order valence-corrected chi connectivity index (χ2v) is 4.76. The number of hydrogen-bond acceptors (Lipinski definition) is 2. The maximum atomic E-state index is 11.7. The molecule has 5 heteroatoms. The normalized spacial score (nSPS) is 10.2. The summed E-state index contributed by atoms with van der Waals surface area (Å²) in [5.74, 6) is -0.111. The molecule has 0 saturated heterocycles. The summed E-state index contributed by atoms with van der Waals surface area (Å²) in [4.78, 5) is 11.7. The highest BCUT2D eigenvalue weighted by Gasteiger charge is 2.06. The molecule has 88 valence electrons. The zero-order valence-electron chi connectivity index (χ0n) is 8.80. The molecule has 0 heterocycles. The number of rotatable bonds is 5. The van der Waals surface area contributed by atoms with Gasteiger partial charge in [-0.3, -0.25) is 4.79 Å². The molecule has 0 fully saturated rings. The highest BCUT2D eigenvalue weighted by Crippen LogP contribution is 2.19. The van der Waals surface area contributed by atoms with Crippen LogP contribution in [-0.4, -0.2) is 19.0 Å². The minimum atomic E-state index is -0.111. The van der Waals surface area contributed by atoms with Gasteiger partial charge >= 0.3 is 0 Å². The predicted molar refractivity (Wildman–Crippen MR) is 69.8 cm³/mol. The first kappa shape index (κ1) is 13.5. The van der Waals surface area contributed by atoms with Crippen LogP contribution in [0.25, 0.3) is 0 Å². The van der Waals surface area contributed by atoms with E-state index in [0.29, 0.717) is 23.7 Å². The van der Waals surface area contributed by atoms with Gasteiger partial charge in [-0.1, -0.05) is 27.5 Å². The first-order chi connectivity index (χ1) is 7.63. The van der Waals surface area contributed by atoms with E-state index in [0.717, 1.165) is 17.3 Å². The first-order valence-electron chi connectivity index (χ1n) is 5.08. The molecule has 0 aliphatic heterocycles. The Kier molecular flexibility index (Phi) is 5.80. The number of carbonyl (C=O) groups is 1. The van der Waals surface area contributed by atoms with E-state index in [2.05, 4.69) is 21.2 Å². The quantitative estimate of drug-likeness (QED) is 0.822. The van der Waals surface area contributed by atoms with E-state index in [4.69, 9.17) is 17.3 Å². The minimum absolute atomic E-state index is 0.111. The summed E-state index contributed by atoms with van der Waals surface area (Å²) >= 11 is 9.14. The van der Waals surface area contributed by atoms with Crippen molar-refractivity contribution in [3.05, 3.63) is 33.3 Å². The smallest absolute Gasteiger partial charge is 0.251 e. The summed E-state index contributed by atoms with van der Waals surface area (Å²) in [6.07, 6.45) is 1.81. The van der Waals surface area contributed by atoms with E-state index in [1.807, 2.05) is 0 Å². The molecule has 0 atom stereocenters. The fourth-order valence-corrected chi connectivity index (χ4v) is 2.12. The molecule has 0 radical (unpaired) electrons. The van der Waals surface area contributed by atoms with Crippen molar-refractivity contribution in [1.29, 1.82) is 0 Å². The van der Waals surface area contributed by atoms with Gasteiger partial charge in [-0.25, -0.2) is 0 Å². The fourth-order valence-electron chi connectivity index (χ4n) is 1.26. The zero-order chi connectivity index (χ0) is 12.0. The van der Waals surface area contributed by atoms with Crippen molar-refractivity contribution in [2.24, 2.45) is 5.73 Å². The fraction of sp³-hybridized carbons (Fsp3) is 0.364. The van der Waals surface area contributed by atoms with E-state index >= 15 is 0 Å². The van der Waals surface area contributed by atoms with Crippen LogP contribution in [0.4, 0.5) is 0 Å². The lowest BCUT2D eigenvalue weighted by atomic mass is 10.2. The third-order valence-electron chi connectivity index (χ3n) is 2.04. The van der Waals surface area contributed by atoms with Crippen molar-refractivity contribution in [3.8, 4) is 0 Å². The first-order valence-corrected chi connectivity index (χ1v) is 6.25. The topological polar surface area (TPSA) is 55.1 Å². The third-order valence-corrected chi connectivity index (χ3v) is 2.72. The molecule has 0 spiro atoms. The lowest BCUT2D eigenvalue weighted by Gasteiger charge is -2.05. The lowest BCUT2D eigenvalue weighted by molar-refractivity contribution is 0.0953. The van der Waals surface area contributed by atoms with Crippen LogP contribution in [0, 0.1) is 0 Å². The van der Waals surface area contributed by atoms with Gasteiger partial charge in [0, 0.05) is 21.6 Å². The van der Waals surface area contributed by atoms with Crippen LogP contribution in [0.3, 0.4) is 0 Å². The Hall–Kier alpha value is -0.580. The molecule has 0 bridgehead atoms. The molecule has 0 unspecified atom stereocenters. The second-order valence-electron chi connectivity index (χ2n) is 3.41. The van der Waals surface area contributed by atoms with Crippen LogP contribution in [0.5, 0.6) is 0 Å². The maximum absolute atomic E-state index is 11.7. The second kappa shape index (κ2) is 6.89. The van der Waals surface area contributed by atoms with Gasteiger partial charge in [-0.05, 0) is 37.6 Å². The van der Waals surface area contributed by atoms with Gasteiger partial charge in [0.05, 0.1) is 0 Å². The summed E-state index contributed by atoms with van der Waals surface area (Å²) in [6.45, 7) is 1.29. The van der Waals surface area contributed by atoms with Crippen LogP contribution in [0.15, 0.2) is 22.7 Å². The Morgan fingerprint density at radius 2 is 2.12 bits per heavy atom. The number of unbranched alkanes of at least 4 members (excludes halogenated alkanes) is 1. The molecular weight excluding hydrogens is 291 g/mol. The summed E-state index contributed by atoms with van der Waals surface area (Å²) in [6, 6.07) is 5.13. The molecule has 0 aromatic heterocycles. The van der Waals surface area contributed by atoms with Crippen LogP contribution < -0.4 is 11.1 Å². The standard InChI is InChI=1S/C11H14BrClN2O/c12-9-5-8(6-10(13)7-9)11(16)15-4-2-1-3-14/h5-7H,1-4,14H2,(H,15,16). The number of carbonyl (C=O) groups excluding carboxylic acids is 1. The summed E-state index contributed by atoms with van der Waals surface area (Å²) < 4.78 is 0.798. The Morgan fingerprint density at radius 3 is 2.75 bits per heavy atom. The number of nitrogens with one attached hydrogen (secondary N) is 1. The minimum Gasteiger partial charge on any atom is -0.352 e. The molecule has 16 heavy (non-hydrogen) atoms. The Labute approximate surface area is 108 Å². The molecule has 3 nitrogen and oxygen atoms in total.